The molecular formula is C48H84N10O11S. The van der Waals surface area contributed by atoms with E-state index >= 15 is 0 Å². The molecule has 0 unspecified atom stereocenters. The van der Waals surface area contributed by atoms with Gasteiger partial charge in [0.15, 0.2) is 0 Å². The summed E-state index contributed by atoms with van der Waals surface area (Å²) >= 11 is 0. The van der Waals surface area contributed by atoms with E-state index in [4.69, 9.17) is 20.9 Å². The Balaban J connectivity index is 2.25. The van der Waals surface area contributed by atoms with Crippen molar-refractivity contribution in [2.45, 2.75) is 154 Å². The third-order valence-electron chi connectivity index (χ3n) is 13.2. The lowest BCUT2D eigenvalue weighted by molar-refractivity contribution is -0.148. The number of carbonyl (C=O) groups is 7. The van der Waals surface area contributed by atoms with Gasteiger partial charge in [-0.3, -0.25) is 33.7 Å². The van der Waals surface area contributed by atoms with Crippen LogP contribution < -0.4 is 37.5 Å². The van der Waals surface area contributed by atoms with Crippen LogP contribution in [0.1, 0.15) is 101 Å². The van der Waals surface area contributed by atoms with Gasteiger partial charge in [-0.05, 0) is 87.7 Å². The molecule has 1 saturated heterocycles. The zero-order valence-electron chi connectivity index (χ0n) is 43.9. The SMILES string of the molecule is CC[C@H](C)[C@@H]([C@@H](CC(=O)N1CCC[C@H]1[C@H](OC)[C@@H](C)C(=O)NS(=O)(=O)c1ccc(NC(=O)[C@H](CCCNC(N)=O)NC(=O)[C@@H](N)C(C)C)cc1)OC)N(C)C(=O)[C@@H](NC(=O)[C@H](C(C)C)N(C)C)C(C)C. The molecule has 398 valence electrons. The molecule has 0 radical (unpaired) electrons. The number of likely N-dealkylation sites (tertiary alicyclic amines) is 1. The number of likely N-dealkylation sites (N-methyl/N-ethyl adjacent to an activating group) is 2. The highest BCUT2D eigenvalue weighted by Crippen LogP contribution is 2.30. The lowest BCUT2D eigenvalue weighted by atomic mass is 9.89. The van der Waals surface area contributed by atoms with Crippen LogP contribution in [0.5, 0.6) is 0 Å². The monoisotopic (exact) mass is 1010 g/mol. The van der Waals surface area contributed by atoms with E-state index in [0.29, 0.717) is 32.2 Å². The van der Waals surface area contributed by atoms with Crippen LogP contribution in [0.4, 0.5) is 10.5 Å². The number of rotatable bonds is 28. The average Bonchev–Trinajstić information content (AvgIpc) is 3.77. The van der Waals surface area contributed by atoms with Crippen LogP contribution in [0.2, 0.25) is 0 Å². The van der Waals surface area contributed by atoms with Gasteiger partial charge in [0.05, 0.1) is 53.6 Å². The minimum Gasteiger partial charge on any atom is -0.379 e. The number of benzene rings is 1. The Labute approximate surface area is 416 Å². The van der Waals surface area contributed by atoms with Crippen molar-refractivity contribution in [2.75, 3.05) is 53.8 Å². The Kier molecular flexibility index (Phi) is 24.7. The predicted molar refractivity (Wildman–Crippen MR) is 267 cm³/mol. The molecule has 1 heterocycles. The highest BCUT2D eigenvalue weighted by molar-refractivity contribution is 7.90. The maximum absolute atomic E-state index is 14.3. The van der Waals surface area contributed by atoms with Gasteiger partial charge in [0.2, 0.25) is 35.4 Å². The number of primary amides is 1. The molecule has 2 rings (SSSR count). The molecule has 70 heavy (non-hydrogen) atoms. The molecule has 1 fully saturated rings. The van der Waals surface area contributed by atoms with Crippen LogP contribution in [0.25, 0.3) is 0 Å². The summed E-state index contributed by atoms with van der Waals surface area (Å²) < 4.78 is 41.1. The number of urea groups is 1. The molecule has 1 aliphatic rings. The Morgan fingerprint density at radius 1 is 0.829 bits per heavy atom. The fraction of sp³-hybridized carbons (Fsp3) is 0.729. The van der Waals surface area contributed by atoms with Crippen LogP contribution in [0.3, 0.4) is 0 Å². The second-order valence-corrected chi connectivity index (χ2v) is 21.4. The summed E-state index contributed by atoms with van der Waals surface area (Å²) in [5, 5.41) is 10.7. The largest absolute Gasteiger partial charge is 0.379 e. The van der Waals surface area contributed by atoms with Gasteiger partial charge in [-0.2, -0.15) is 0 Å². The summed E-state index contributed by atoms with van der Waals surface area (Å²) in [7, 11) is 3.77. The number of ether oxygens (including phenoxy) is 2. The van der Waals surface area contributed by atoms with Gasteiger partial charge in [-0.15, -0.1) is 0 Å². The summed E-state index contributed by atoms with van der Waals surface area (Å²) in [6.45, 7) is 17.2. The maximum Gasteiger partial charge on any atom is 0.312 e. The molecule has 0 aliphatic carbocycles. The van der Waals surface area contributed by atoms with E-state index in [-0.39, 0.29) is 71.4 Å². The van der Waals surface area contributed by atoms with Crippen LogP contribution in [-0.2, 0) is 48.3 Å². The van der Waals surface area contributed by atoms with Gasteiger partial charge in [0.1, 0.15) is 12.1 Å². The van der Waals surface area contributed by atoms with Gasteiger partial charge in [-0.1, -0.05) is 68.7 Å². The summed E-state index contributed by atoms with van der Waals surface area (Å²) in [6.07, 6.45) is 0.401. The number of amides is 8. The lowest BCUT2D eigenvalue weighted by Gasteiger charge is -2.41. The van der Waals surface area contributed by atoms with E-state index in [1.54, 1.807) is 30.7 Å². The standard InChI is InChI=1S/C48H84N10O11S/c1-15-30(8)41(57(12)47(64)39(28(4)5)54-46(63)40(29(6)7)56(10)11)36(68-13)26-37(59)58-25-17-19-35(58)42(69-14)31(9)43(60)55-70(66,67)33-22-20-32(21-23-33)52-44(61)34(18-16-24-51-48(50)65)53-45(62)38(49)27(2)3/h20-23,27-31,34-36,38-42H,15-19,24-26,49H2,1-14H3,(H,52,61)(H,53,62)(H,54,63)(H,55,60)(H3,50,51,65)/t30-,31+,34-,35-,36+,38-,39-,40-,41-,42+/m0/s1. The number of nitrogens with two attached hydrogens (primary N) is 2. The number of carbonyl (C=O) groups excluding carboxylic acids is 7. The molecule has 0 spiro atoms. The fourth-order valence-electron chi connectivity index (χ4n) is 9.00. The lowest BCUT2D eigenvalue weighted by Crippen LogP contribution is -2.59. The van der Waals surface area contributed by atoms with Crippen molar-refractivity contribution in [1.29, 1.82) is 0 Å². The molecule has 21 nitrogen and oxygen atoms in total. The van der Waals surface area contributed by atoms with Gasteiger partial charge in [0, 0.05) is 40.0 Å². The van der Waals surface area contributed by atoms with E-state index in [1.807, 2.05) is 60.5 Å². The molecule has 9 N–H and O–H groups in total. The highest BCUT2D eigenvalue weighted by atomic mass is 32.2. The molecule has 0 aromatic heterocycles. The van der Waals surface area contributed by atoms with Gasteiger partial charge in [-0.25, -0.2) is 17.9 Å². The first-order valence-corrected chi connectivity index (χ1v) is 25.8. The second kappa shape index (κ2) is 28.2. The van der Waals surface area contributed by atoms with E-state index in [9.17, 15) is 42.0 Å². The van der Waals surface area contributed by atoms with Crippen molar-refractivity contribution in [3.05, 3.63) is 24.3 Å². The van der Waals surface area contributed by atoms with Crippen LogP contribution >= 0.6 is 0 Å². The number of nitrogens with one attached hydrogen (secondary N) is 5. The quantitative estimate of drug-likeness (QED) is 0.0592. The molecule has 8 amide bonds. The predicted octanol–water partition coefficient (Wildman–Crippen LogP) is 1.99. The number of hydrogen-bond acceptors (Lipinski definition) is 13. The second-order valence-electron chi connectivity index (χ2n) is 19.7. The summed E-state index contributed by atoms with van der Waals surface area (Å²) in [5.41, 5.74) is 11.3. The third kappa shape index (κ3) is 17.2. The zero-order valence-corrected chi connectivity index (χ0v) is 44.7. The van der Waals surface area contributed by atoms with Crippen molar-refractivity contribution >= 4 is 57.2 Å². The Morgan fingerprint density at radius 3 is 1.94 bits per heavy atom. The summed E-state index contributed by atoms with van der Waals surface area (Å²) in [5.74, 6) is -4.48. The fourth-order valence-corrected chi connectivity index (χ4v) is 10.1. The zero-order chi connectivity index (χ0) is 53.4. The van der Waals surface area contributed by atoms with Gasteiger partial charge in [0.25, 0.3) is 10.0 Å². The molecule has 22 heteroatoms. The minimum atomic E-state index is -4.44. The van der Waals surface area contributed by atoms with E-state index in [0.717, 1.165) is 0 Å². The summed E-state index contributed by atoms with van der Waals surface area (Å²) in [4.78, 5) is 97.8. The van der Waals surface area contributed by atoms with Crippen LogP contribution in [0, 0.1) is 29.6 Å². The van der Waals surface area contributed by atoms with Gasteiger partial charge < -0.3 is 52.0 Å². The number of hydrogen-bond donors (Lipinski definition) is 7. The Morgan fingerprint density at radius 2 is 1.44 bits per heavy atom. The minimum absolute atomic E-state index is 0.00467. The topological polar surface area (TPSA) is 294 Å². The van der Waals surface area contributed by atoms with Crippen molar-refractivity contribution < 1.29 is 51.5 Å². The van der Waals surface area contributed by atoms with Crippen LogP contribution in [0.15, 0.2) is 29.2 Å². The number of sulfonamides is 1. The molecule has 1 aromatic carbocycles. The van der Waals surface area contributed by atoms with E-state index in [1.165, 1.54) is 45.4 Å². The Bertz CT molecular complexity index is 2010. The number of methoxy groups -OCH3 is 2. The number of anilines is 1. The highest BCUT2D eigenvalue weighted by Gasteiger charge is 2.43. The first kappa shape index (κ1) is 61.2. The summed E-state index contributed by atoms with van der Waals surface area (Å²) in [6, 6.07) is -0.0363. The van der Waals surface area contributed by atoms with Crippen molar-refractivity contribution in [3.63, 3.8) is 0 Å². The smallest absolute Gasteiger partial charge is 0.312 e. The molecule has 10 atom stereocenters. The van der Waals surface area contributed by atoms with E-state index in [2.05, 4.69) is 26.0 Å². The first-order valence-electron chi connectivity index (χ1n) is 24.3. The third-order valence-corrected chi connectivity index (χ3v) is 14.6. The van der Waals surface area contributed by atoms with Gasteiger partial charge >= 0.3 is 6.03 Å². The normalized spacial score (nSPS) is 18.0. The molecule has 0 saturated carbocycles. The number of nitrogens with zero attached hydrogens (tertiary/aromatic N) is 3. The van der Waals surface area contributed by atoms with E-state index < -0.39 is 88.2 Å². The average molecular weight is 1010 g/mol. The van der Waals surface area contributed by atoms with Crippen molar-refractivity contribution in [1.82, 2.24) is 35.4 Å². The van der Waals surface area contributed by atoms with Crippen LogP contribution in [-0.4, -0.2) is 162 Å². The molecule has 0 bridgehead atoms. The van der Waals surface area contributed by atoms with Crippen molar-refractivity contribution in [3.8, 4) is 0 Å². The Hall–Kier alpha value is -4.90. The molecular weight excluding hydrogens is 925 g/mol. The van der Waals surface area contributed by atoms with Crippen molar-refractivity contribution in [2.24, 2.45) is 41.1 Å². The first-order chi connectivity index (χ1) is 32.6. The maximum atomic E-state index is 14.3. The molecule has 1 aliphatic heterocycles. The molecule has 1 aromatic rings.